The largest absolute Gasteiger partial charge is 0.370 e. The fourth-order valence-corrected chi connectivity index (χ4v) is 4.28. The molecule has 3 heterocycles. The summed E-state index contributed by atoms with van der Waals surface area (Å²) in [7, 11) is 4.27. The van der Waals surface area contributed by atoms with Crippen molar-refractivity contribution in [1.29, 1.82) is 0 Å². The number of anilines is 3. The fraction of sp³-hybridized carbons (Fsp3) is 0.292. The summed E-state index contributed by atoms with van der Waals surface area (Å²) in [5, 5.41) is 8.11. The van der Waals surface area contributed by atoms with Gasteiger partial charge in [0.05, 0.1) is 11.9 Å². The van der Waals surface area contributed by atoms with Gasteiger partial charge in [-0.2, -0.15) is 10.1 Å². The standard InChI is InChI=1S/C24H27N7O/c1-16-9-10-17(13-21(16)30-12-11-19(15-30)29(2)3)26-24-27-22-20(23(32)28-24)14-25-31(22)18-7-5-4-6-8-18/h4-10,13-14,19H,11-12,15H2,1-3H3,(H2,26,27,28,32). The zero-order valence-electron chi connectivity index (χ0n) is 18.5. The van der Waals surface area contributed by atoms with E-state index in [0.717, 1.165) is 30.9 Å². The van der Waals surface area contributed by atoms with Crippen molar-refractivity contribution in [2.24, 2.45) is 0 Å². The third kappa shape index (κ3) is 3.73. The first-order valence-electron chi connectivity index (χ1n) is 10.8. The monoisotopic (exact) mass is 429 g/mol. The summed E-state index contributed by atoms with van der Waals surface area (Å²) in [6, 6.07) is 16.5. The molecule has 0 spiro atoms. The number of H-pyrrole nitrogens is 1. The van der Waals surface area contributed by atoms with Crippen LogP contribution in [0.1, 0.15) is 12.0 Å². The number of nitrogens with one attached hydrogen (secondary N) is 2. The minimum Gasteiger partial charge on any atom is -0.370 e. The number of nitrogens with zero attached hydrogens (tertiary/aromatic N) is 5. The Morgan fingerprint density at radius 3 is 2.72 bits per heavy atom. The van der Waals surface area contributed by atoms with Gasteiger partial charge in [0.1, 0.15) is 5.39 Å². The third-order valence-electron chi connectivity index (χ3n) is 6.15. The van der Waals surface area contributed by atoms with E-state index in [1.807, 2.05) is 36.4 Å². The summed E-state index contributed by atoms with van der Waals surface area (Å²) in [5.74, 6) is 0.391. The lowest BCUT2D eigenvalue weighted by Crippen LogP contribution is -2.31. The van der Waals surface area contributed by atoms with E-state index in [2.05, 4.69) is 63.3 Å². The number of hydrogen-bond donors (Lipinski definition) is 2. The Hall–Kier alpha value is -3.65. The van der Waals surface area contributed by atoms with E-state index in [-0.39, 0.29) is 5.56 Å². The molecular weight excluding hydrogens is 402 g/mol. The van der Waals surface area contributed by atoms with Crippen molar-refractivity contribution < 1.29 is 0 Å². The molecule has 2 aromatic heterocycles. The van der Waals surface area contributed by atoms with E-state index in [0.29, 0.717) is 23.0 Å². The molecule has 1 aliphatic heterocycles. The molecule has 0 aliphatic carbocycles. The van der Waals surface area contributed by atoms with Gasteiger partial charge in [0.25, 0.3) is 5.56 Å². The first-order chi connectivity index (χ1) is 15.5. The van der Waals surface area contributed by atoms with Gasteiger partial charge >= 0.3 is 0 Å². The number of benzene rings is 2. The van der Waals surface area contributed by atoms with Crippen LogP contribution in [0.3, 0.4) is 0 Å². The Morgan fingerprint density at radius 2 is 1.97 bits per heavy atom. The Balaban J connectivity index is 1.47. The Morgan fingerprint density at radius 1 is 1.16 bits per heavy atom. The van der Waals surface area contributed by atoms with Crippen LogP contribution < -0.4 is 15.8 Å². The number of aryl methyl sites for hydroxylation is 1. The first-order valence-corrected chi connectivity index (χ1v) is 10.8. The van der Waals surface area contributed by atoms with Crippen LogP contribution in [0.15, 0.2) is 59.5 Å². The molecule has 2 N–H and O–H groups in total. The topological polar surface area (TPSA) is 82.1 Å². The second-order valence-electron chi connectivity index (χ2n) is 8.52. The van der Waals surface area contributed by atoms with Gasteiger partial charge in [-0.05, 0) is 57.3 Å². The number of hydrogen-bond acceptors (Lipinski definition) is 6. The lowest BCUT2D eigenvalue weighted by molar-refractivity contribution is 0.315. The number of likely N-dealkylation sites (N-methyl/N-ethyl adjacent to an activating group) is 1. The van der Waals surface area contributed by atoms with E-state index < -0.39 is 0 Å². The number of rotatable bonds is 5. The molecule has 1 unspecified atom stereocenters. The molecule has 164 valence electrons. The molecule has 1 aliphatic rings. The molecule has 0 amide bonds. The van der Waals surface area contributed by atoms with Crippen LogP contribution in [-0.2, 0) is 0 Å². The molecule has 0 saturated carbocycles. The van der Waals surface area contributed by atoms with Crippen LogP contribution in [0.4, 0.5) is 17.3 Å². The predicted molar refractivity (Wildman–Crippen MR) is 128 cm³/mol. The summed E-state index contributed by atoms with van der Waals surface area (Å²) in [5.41, 5.74) is 4.47. The zero-order chi connectivity index (χ0) is 22.2. The summed E-state index contributed by atoms with van der Waals surface area (Å²) in [6.07, 6.45) is 2.70. The molecule has 4 aromatic rings. The normalized spacial score (nSPS) is 16.2. The van der Waals surface area contributed by atoms with Crippen LogP contribution >= 0.6 is 0 Å². The van der Waals surface area contributed by atoms with Crippen molar-refractivity contribution in [2.75, 3.05) is 37.4 Å². The highest BCUT2D eigenvalue weighted by molar-refractivity contribution is 5.77. The van der Waals surface area contributed by atoms with Crippen LogP contribution in [0.2, 0.25) is 0 Å². The van der Waals surface area contributed by atoms with E-state index in [1.165, 1.54) is 11.3 Å². The second-order valence-corrected chi connectivity index (χ2v) is 8.52. The zero-order valence-corrected chi connectivity index (χ0v) is 18.5. The van der Waals surface area contributed by atoms with Gasteiger partial charge in [0.2, 0.25) is 5.95 Å². The van der Waals surface area contributed by atoms with E-state index >= 15 is 0 Å². The maximum Gasteiger partial charge on any atom is 0.263 e. The van der Waals surface area contributed by atoms with Gasteiger partial charge in [-0.1, -0.05) is 24.3 Å². The van der Waals surface area contributed by atoms with E-state index in [4.69, 9.17) is 0 Å². The smallest absolute Gasteiger partial charge is 0.263 e. The molecule has 32 heavy (non-hydrogen) atoms. The van der Waals surface area contributed by atoms with Crippen molar-refractivity contribution in [3.05, 3.63) is 70.6 Å². The quantitative estimate of drug-likeness (QED) is 0.507. The van der Waals surface area contributed by atoms with Gasteiger partial charge in [0, 0.05) is 30.5 Å². The molecule has 8 heteroatoms. The first kappa shape index (κ1) is 20.3. The Kier molecular flexibility index (Phi) is 5.14. The van der Waals surface area contributed by atoms with Crippen LogP contribution in [0.25, 0.3) is 16.7 Å². The molecule has 1 fully saturated rings. The van der Waals surface area contributed by atoms with E-state index in [9.17, 15) is 4.79 Å². The average molecular weight is 430 g/mol. The van der Waals surface area contributed by atoms with Gasteiger partial charge in [-0.3, -0.25) is 9.78 Å². The fourth-order valence-electron chi connectivity index (χ4n) is 4.28. The molecule has 0 bridgehead atoms. The summed E-state index contributed by atoms with van der Waals surface area (Å²) >= 11 is 0. The molecule has 0 radical (unpaired) electrons. The van der Waals surface area contributed by atoms with E-state index in [1.54, 1.807) is 10.9 Å². The molecule has 2 aromatic carbocycles. The maximum atomic E-state index is 12.7. The van der Waals surface area contributed by atoms with Crippen molar-refractivity contribution in [2.45, 2.75) is 19.4 Å². The van der Waals surface area contributed by atoms with Crippen LogP contribution in [0.5, 0.6) is 0 Å². The van der Waals surface area contributed by atoms with Gasteiger partial charge in [0.15, 0.2) is 5.65 Å². The van der Waals surface area contributed by atoms with Gasteiger partial charge < -0.3 is 15.1 Å². The maximum absolute atomic E-state index is 12.7. The van der Waals surface area contributed by atoms with Gasteiger partial charge in [-0.15, -0.1) is 0 Å². The van der Waals surface area contributed by atoms with Gasteiger partial charge in [-0.25, -0.2) is 4.68 Å². The average Bonchev–Trinajstić information content (AvgIpc) is 3.44. The van der Waals surface area contributed by atoms with Crippen molar-refractivity contribution in [3.63, 3.8) is 0 Å². The summed E-state index contributed by atoms with van der Waals surface area (Å²) in [6.45, 7) is 4.17. The molecule has 8 nitrogen and oxygen atoms in total. The minimum absolute atomic E-state index is 0.222. The van der Waals surface area contributed by atoms with Crippen molar-refractivity contribution in [1.82, 2.24) is 24.6 Å². The minimum atomic E-state index is -0.222. The lowest BCUT2D eigenvalue weighted by atomic mass is 10.1. The lowest BCUT2D eigenvalue weighted by Gasteiger charge is -2.24. The Bertz CT molecular complexity index is 1310. The number of fused-ring (bicyclic) bond motifs is 1. The predicted octanol–water partition coefficient (Wildman–Crippen LogP) is 3.30. The highest BCUT2D eigenvalue weighted by Crippen LogP contribution is 2.29. The second kappa shape index (κ2) is 8.12. The molecule has 1 saturated heterocycles. The number of aromatic amines is 1. The highest BCUT2D eigenvalue weighted by Gasteiger charge is 2.25. The molecular formula is C24H27N7O. The number of para-hydroxylation sites is 1. The third-order valence-corrected chi connectivity index (χ3v) is 6.15. The van der Waals surface area contributed by atoms with Crippen LogP contribution in [-0.4, -0.2) is 57.9 Å². The van der Waals surface area contributed by atoms with Crippen LogP contribution in [0, 0.1) is 6.92 Å². The Labute approximate surface area is 186 Å². The summed E-state index contributed by atoms with van der Waals surface area (Å²) in [4.78, 5) is 24.9. The molecule has 5 rings (SSSR count). The summed E-state index contributed by atoms with van der Waals surface area (Å²) < 4.78 is 1.68. The highest BCUT2D eigenvalue weighted by atomic mass is 16.1. The SMILES string of the molecule is Cc1ccc(Nc2nc3c(cnn3-c3ccccc3)c(=O)[nH]2)cc1N1CCC(N(C)C)C1. The molecule has 1 atom stereocenters. The van der Waals surface area contributed by atoms with Crippen molar-refractivity contribution in [3.8, 4) is 5.69 Å². The van der Waals surface area contributed by atoms with Crippen molar-refractivity contribution >= 4 is 28.4 Å². The number of aromatic nitrogens is 4.